The number of nitrogens with zero attached hydrogens (tertiary/aromatic N) is 2. The molecule has 0 aromatic rings. The van der Waals surface area contributed by atoms with Crippen molar-refractivity contribution in [2.45, 2.75) is 0 Å². The number of hydrogen-bond donors (Lipinski definition) is 8. The van der Waals surface area contributed by atoms with Gasteiger partial charge in [0.05, 0.1) is 39.6 Å². The molecule has 13 heteroatoms. The van der Waals surface area contributed by atoms with Gasteiger partial charge in [-0.05, 0) is 0 Å². The summed E-state index contributed by atoms with van der Waals surface area (Å²) in [7, 11) is 2.40. The molecule has 8 N–H and O–H groups in total. The molecule has 0 radical (unpaired) electrons. The van der Waals surface area contributed by atoms with Crippen molar-refractivity contribution in [1.29, 1.82) is 0 Å². The third-order valence-corrected chi connectivity index (χ3v) is 4.69. The van der Waals surface area contributed by atoms with E-state index in [4.69, 9.17) is 38.0 Å². The Morgan fingerprint density at radius 2 is 0.704 bits per heavy atom. The largest absolute Gasteiger partial charge is 0.395 e. The summed E-state index contributed by atoms with van der Waals surface area (Å²) in [5.74, 6) is 0. The molecule has 0 saturated heterocycles. The molecule has 0 aliphatic carbocycles. The maximum absolute atomic E-state index is 8.48. The van der Waals surface area contributed by atoms with Crippen LogP contribution in [0.3, 0.4) is 0 Å². The van der Waals surface area contributed by atoms with Crippen LogP contribution < -0.4 is 0 Å². The molecule has 0 spiro atoms. The quantitative estimate of drug-likeness (QED) is 0.121. The van der Waals surface area contributed by atoms with Crippen molar-refractivity contribution in [3.05, 3.63) is 0 Å². The van der Waals surface area contributed by atoms with Crippen LogP contribution in [0.5, 0.6) is 0 Å². The molecule has 0 saturated carbocycles. The van der Waals surface area contributed by atoms with Gasteiger partial charge in [-0.3, -0.25) is 9.80 Å². The summed E-state index contributed by atoms with van der Waals surface area (Å²) in [6.45, 7) is 3.51. The summed E-state index contributed by atoms with van der Waals surface area (Å²) in [6.07, 6.45) is 0. The molecule has 0 bridgehead atoms. The fourth-order valence-electron chi connectivity index (χ4n) is 1.60. The summed E-state index contributed by atoms with van der Waals surface area (Å²) in [6, 6.07) is 0. The molecule has 0 aliphatic heterocycles. The van der Waals surface area contributed by atoms with Gasteiger partial charge >= 0.3 is 46.4 Å². The first-order valence-electron chi connectivity index (χ1n) is 8.47. The predicted octanol–water partition coefficient (Wildman–Crippen LogP) is -4.39. The van der Waals surface area contributed by atoms with E-state index in [0.29, 0.717) is 39.3 Å². The zero-order valence-corrected chi connectivity index (χ0v) is 17.8. The van der Waals surface area contributed by atoms with E-state index in [1.165, 1.54) is 14.2 Å². The summed E-state index contributed by atoms with van der Waals surface area (Å²) in [5.41, 5.74) is 0. The minimum absolute atomic E-state index is 0.0694. The Morgan fingerprint density at radius 1 is 0.519 bits per heavy atom. The molecule has 0 rings (SSSR count). The second kappa shape index (κ2) is 24.3. The maximum atomic E-state index is 8.48. The van der Waals surface area contributed by atoms with Crippen molar-refractivity contribution in [3.8, 4) is 0 Å². The van der Waals surface area contributed by atoms with Crippen LogP contribution in [-0.4, -0.2) is 141 Å². The van der Waals surface area contributed by atoms with Gasteiger partial charge in [-0.1, -0.05) is 0 Å². The van der Waals surface area contributed by atoms with Gasteiger partial charge in [-0.2, -0.15) is 0 Å². The monoisotopic (exact) mass is 442 g/mol. The summed E-state index contributed by atoms with van der Waals surface area (Å²) < 4.78 is 25.2. The molecule has 0 aliphatic rings. The first kappa shape index (κ1) is 31.9. The van der Waals surface area contributed by atoms with E-state index in [-0.39, 0.29) is 39.6 Å². The average molecular weight is 442 g/mol. The SMILES string of the molecule is C[O][Ti]([OH])([OH])[O]C.OCCN(CCO)CCO.OCCN(CCO)CCO. The predicted molar refractivity (Wildman–Crippen MR) is 93.9 cm³/mol. The van der Waals surface area contributed by atoms with E-state index in [9.17, 15) is 0 Å². The summed E-state index contributed by atoms with van der Waals surface area (Å²) in [5, 5.41) is 50.9. The Hall–Kier alpha value is 0.234. The van der Waals surface area contributed by atoms with Gasteiger partial charge in [0.2, 0.25) is 0 Å². The minimum atomic E-state index is -4.08. The van der Waals surface area contributed by atoms with E-state index in [0.717, 1.165) is 0 Å². The van der Waals surface area contributed by atoms with Crippen molar-refractivity contribution in [3.63, 3.8) is 0 Å². The fraction of sp³-hybridized carbons (Fsp3) is 1.00. The van der Waals surface area contributed by atoms with Crippen LogP contribution in [-0.2, 0) is 24.8 Å². The molecular formula is C14H38N2O10Ti. The summed E-state index contributed by atoms with van der Waals surface area (Å²) >= 11 is -4.08. The Bertz CT molecular complexity index is 228. The van der Waals surface area contributed by atoms with Crippen molar-refractivity contribution < 1.29 is 62.8 Å². The molecule has 12 nitrogen and oxygen atoms in total. The molecule has 0 amide bonds. The van der Waals surface area contributed by atoms with Crippen molar-refractivity contribution in [2.24, 2.45) is 0 Å². The molecular weight excluding hydrogens is 404 g/mol. The van der Waals surface area contributed by atoms with Crippen LogP contribution >= 0.6 is 0 Å². The molecule has 0 aromatic carbocycles. The van der Waals surface area contributed by atoms with Gasteiger partial charge < -0.3 is 30.6 Å². The van der Waals surface area contributed by atoms with Gasteiger partial charge in [-0.15, -0.1) is 0 Å². The Kier molecular flexibility index (Phi) is 28.7. The third-order valence-electron chi connectivity index (χ3n) is 3.03. The van der Waals surface area contributed by atoms with Crippen molar-refractivity contribution >= 4 is 0 Å². The second-order valence-corrected chi connectivity index (χ2v) is 7.97. The maximum Gasteiger partial charge on any atom is 0.0558 e. The van der Waals surface area contributed by atoms with Gasteiger partial charge in [0.1, 0.15) is 0 Å². The topological polar surface area (TPSA) is 187 Å². The number of hydrogen-bond acceptors (Lipinski definition) is 12. The zero-order chi connectivity index (χ0) is 21.6. The molecule has 0 unspecified atom stereocenters. The molecule has 0 aromatic heterocycles. The summed E-state index contributed by atoms with van der Waals surface area (Å²) in [4.78, 5) is 3.58. The third kappa shape index (κ3) is 26.2. The standard InChI is InChI=1S/2C6H15NO3.2CH3O.2H2O.Ti/c2*8-4-1-7(2-5-9)3-6-10;2*1-2;;;/h2*8-10H,1-6H2;2*1H3;2*1H2;/q;;2*-1;;;+4/p-2. The van der Waals surface area contributed by atoms with Crippen LogP contribution in [0.4, 0.5) is 0 Å². The first-order valence-corrected chi connectivity index (χ1v) is 11.1. The normalized spacial score (nSPS) is 11.1. The molecule has 0 heterocycles. The van der Waals surface area contributed by atoms with Crippen LogP contribution in [0, 0.1) is 0 Å². The average Bonchev–Trinajstić information content (AvgIpc) is 2.64. The molecule has 0 atom stereocenters. The van der Waals surface area contributed by atoms with E-state index < -0.39 is 18.1 Å². The molecule has 27 heavy (non-hydrogen) atoms. The number of rotatable bonds is 14. The Labute approximate surface area is 166 Å². The zero-order valence-electron chi connectivity index (χ0n) is 16.3. The van der Waals surface area contributed by atoms with Crippen molar-refractivity contribution in [2.75, 3.05) is 93.1 Å². The smallest absolute Gasteiger partial charge is 0.0558 e. The van der Waals surface area contributed by atoms with E-state index in [1.807, 2.05) is 0 Å². The molecule has 168 valence electrons. The number of aliphatic hydroxyl groups is 6. The number of aliphatic hydroxyl groups excluding tert-OH is 6. The first-order chi connectivity index (χ1) is 12.8. The van der Waals surface area contributed by atoms with Crippen LogP contribution in [0.2, 0.25) is 0 Å². The van der Waals surface area contributed by atoms with Crippen LogP contribution in [0.15, 0.2) is 0 Å². The van der Waals surface area contributed by atoms with E-state index in [1.54, 1.807) is 9.80 Å². The Morgan fingerprint density at radius 3 is 0.778 bits per heavy atom. The molecule has 0 fully saturated rings. The van der Waals surface area contributed by atoms with Gasteiger partial charge in [0.25, 0.3) is 0 Å². The van der Waals surface area contributed by atoms with Gasteiger partial charge in [0.15, 0.2) is 0 Å². The van der Waals surface area contributed by atoms with Gasteiger partial charge in [-0.25, -0.2) is 0 Å². The van der Waals surface area contributed by atoms with Crippen molar-refractivity contribution in [1.82, 2.24) is 9.80 Å². The van der Waals surface area contributed by atoms with E-state index in [2.05, 4.69) is 6.64 Å². The van der Waals surface area contributed by atoms with E-state index >= 15 is 0 Å². The van der Waals surface area contributed by atoms with Crippen LogP contribution in [0.1, 0.15) is 0 Å². The second-order valence-electron chi connectivity index (χ2n) is 4.98. The minimum Gasteiger partial charge on any atom is -0.395 e. The van der Waals surface area contributed by atoms with Gasteiger partial charge in [0, 0.05) is 39.3 Å². The fourth-order valence-corrected chi connectivity index (χ4v) is 1.86. The Balaban J connectivity index is -0.000000326. The van der Waals surface area contributed by atoms with Crippen LogP contribution in [0.25, 0.3) is 0 Å².